The number of hydrogen-bond donors (Lipinski definition) is 1. The molecule has 1 aromatic rings. The fourth-order valence-corrected chi connectivity index (χ4v) is 1.04. The summed E-state index contributed by atoms with van der Waals surface area (Å²) >= 11 is 0. The zero-order chi connectivity index (χ0) is 12.2. The molecule has 4 nitrogen and oxygen atoms in total. The average Bonchev–Trinajstić information content (AvgIpc) is 2.17. The van der Waals surface area contributed by atoms with Crippen LogP contribution in [0.5, 0.6) is 5.88 Å². The van der Waals surface area contributed by atoms with Gasteiger partial charge >= 0.3 is 0 Å². The van der Waals surface area contributed by atoms with E-state index in [4.69, 9.17) is 4.74 Å². The van der Waals surface area contributed by atoms with E-state index in [1.54, 1.807) is 0 Å². The molecule has 0 radical (unpaired) electrons. The lowest BCUT2D eigenvalue weighted by Crippen LogP contribution is -2.24. The molecule has 16 heavy (non-hydrogen) atoms. The van der Waals surface area contributed by atoms with Crippen molar-refractivity contribution in [3.05, 3.63) is 12.0 Å². The molecule has 0 saturated heterocycles. The molecule has 0 amide bonds. The third kappa shape index (κ3) is 4.00. The van der Waals surface area contributed by atoms with Crippen molar-refractivity contribution in [2.75, 3.05) is 11.9 Å². The number of nitrogens with zero attached hydrogens (tertiary/aromatic N) is 2. The first-order valence-corrected chi connectivity index (χ1v) is 5.38. The highest BCUT2D eigenvalue weighted by Gasteiger charge is 2.17. The molecule has 1 heterocycles. The van der Waals surface area contributed by atoms with Crippen LogP contribution in [0.25, 0.3) is 0 Å². The number of ether oxygens (including phenoxy) is 1. The van der Waals surface area contributed by atoms with E-state index in [1.165, 1.54) is 0 Å². The Morgan fingerprint density at radius 3 is 2.69 bits per heavy atom. The van der Waals surface area contributed by atoms with Gasteiger partial charge in [0, 0.05) is 6.54 Å². The van der Waals surface area contributed by atoms with Crippen LogP contribution >= 0.6 is 0 Å². The minimum Gasteiger partial charge on any atom is -0.470 e. The summed E-state index contributed by atoms with van der Waals surface area (Å²) in [5.41, 5.74) is -0.475. The van der Waals surface area contributed by atoms with Gasteiger partial charge in [0.2, 0.25) is 11.8 Å². The maximum absolute atomic E-state index is 13.3. The van der Waals surface area contributed by atoms with Crippen molar-refractivity contribution in [1.29, 1.82) is 0 Å². The Hall–Kier alpha value is -1.39. The van der Waals surface area contributed by atoms with Gasteiger partial charge in [0.1, 0.15) is 5.60 Å². The summed E-state index contributed by atoms with van der Waals surface area (Å²) in [6.45, 7) is 8.30. The second-order valence-electron chi connectivity index (χ2n) is 4.49. The van der Waals surface area contributed by atoms with Gasteiger partial charge in [-0.15, -0.1) is 0 Å². The van der Waals surface area contributed by atoms with E-state index in [9.17, 15) is 4.39 Å². The molecule has 1 N–H and O–H groups in total. The molecule has 1 aromatic heterocycles. The minimum atomic E-state index is -0.544. The fraction of sp³-hybridized carbons (Fsp3) is 0.636. The van der Waals surface area contributed by atoms with Crippen LogP contribution in [-0.4, -0.2) is 22.1 Å². The van der Waals surface area contributed by atoms with Gasteiger partial charge in [-0.25, -0.2) is 4.98 Å². The number of hydrogen-bond acceptors (Lipinski definition) is 4. The smallest absolute Gasteiger partial charge is 0.255 e. The quantitative estimate of drug-likeness (QED) is 0.859. The Balaban J connectivity index is 2.82. The van der Waals surface area contributed by atoms with Crippen LogP contribution in [0.3, 0.4) is 0 Å². The Morgan fingerprint density at radius 2 is 2.12 bits per heavy atom. The van der Waals surface area contributed by atoms with Crippen molar-refractivity contribution in [2.24, 2.45) is 0 Å². The van der Waals surface area contributed by atoms with E-state index in [0.29, 0.717) is 5.95 Å². The molecule has 0 bridgehead atoms. The molecule has 0 fully saturated rings. The second-order valence-corrected chi connectivity index (χ2v) is 4.49. The molecule has 5 heteroatoms. The lowest BCUT2D eigenvalue weighted by Gasteiger charge is -2.20. The summed E-state index contributed by atoms with van der Waals surface area (Å²) in [4.78, 5) is 7.80. The monoisotopic (exact) mass is 227 g/mol. The normalized spacial score (nSPS) is 11.3. The molecule has 0 aromatic carbocycles. The predicted molar refractivity (Wildman–Crippen MR) is 61.2 cm³/mol. The first-order valence-electron chi connectivity index (χ1n) is 5.38. The SMILES string of the molecule is CCCNc1ncc(F)c(OC(C)(C)C)n1. The van der Waals surface area contributed by atoms with Crippen LogP contribution in [0.2, 0.25) is 0 Å². The molecular weight excluding hydrogens is 209 g/mol. The van der Waals surface area contributed by atoms with E-state index in [0.717, 1.165) is 19.2 Å². The summed E-state index contributed by atoms with van der Waals surface area (Å²) in [5, 5.41) is 2.98. The largest absolute Gasteiger partial charge is 0.470 e. The van der Waals surface area contributed by atoms with Crippen LogP contribution in [0, 0.1) is 5.82 Å². The predicted octanol–water partition coefficient (Wildman–Crippen LogP) is 2.61. The maximum Gasteiger partial charge on any atom is 0.255 e. The molecular formula is C11H18FN3O. The zero-order valence-corrected chi connectivity index (χ0v) is 10.2. The van der Waals surface area contributed by atoms with Gasteiger partial charge in [-0.05, 0) is 27.2 Å². The van der Waals surface area contributed by atoms with Gasteiger partial charge in [0.15, 0.2) is 0 Å². The van der Waals surface area contributed by atoms with Gasteiger partial charge < -0.3 is 10.1 Å². The number of anilines is 1. The number of rotatable bonds is 4. The molecule has 0 unspecified atom stereocenters. The highest BCUT2D eigenvalue weighted by Crippen LogP contribution is 2.19. The van der Waals surface area contributed by atoms with Crippen molar-refractivity contribution in [3.63, 3.8) is 0 Å². The van der Waals surface area contributed by atoms with Crippen molar-refractivity contribution in [3.8, 4) is 5.88 Å². The van der Waals surface area contributed by atoms with Crippen molar-refractivity contribution >= 4 is 5.95 Å². The second kappa shape index (κ2) is 5.09. The summed E-state index contributed by atoms with van der Waals surface area (Å²) in [6, 6.07) is 0. The number of nitrogens with one attached hydrogen (secondary N) is 1. The number of aromatic nitrogens is 2. The van der Waals surface area contributed by atoms with Crippen LogP contribution in [-0.2, 0) is 0 Å². The van der Waals surface area contributed by atoms with E-state index < -0.39 is 11.4 Å². The summed E-state index contributed by atoms with van der Waals surface area (Å²) in [5.74, 6) is -0.166. The van der Waals surface area contributed by atoms with Gasteiger partial charge in [0.05, 0.1) is 6.20 Å². The molecule has 0 aliphatic carbocycles. The maximum atomic E-state index is 13.3. The standard InChI is InChI=1S/C11H18FN3O/c1-5-6-13-10-14-7-8(12)9(15-10)16-11(2,3)4/h7H,5-6H2,1-4H3,(H,13,14,15). The van der Waals surface area contributed by atoms with Gasteiger partial charge in [-0.3, -0.25) is 0 Å². The molecule has 1 rings (SSSR count). The third-order valence-corrected chi connectivity index (χ3v) is 1.65. The first kappa shape index (κ1) is 12.7. The van der Waals surface area contributed by atoms with Crippen molar-refractivity contribution in [1.82, 2.24) is 9.97 Å². The Morgan fingerprint density at radius 1 is 1.44 bits per heavy atom. The molecule has 0 aliphatic rings. The summed E-state index contributed by atoms with van der Waals surface area (Å²) < 4.78 is 18.7. The van der Waals surface area contributed by atoms with Crippen LogP contribution < -0.4 is 10.1 Å². The van der Waals surface area contributed by atoms with Crippen LogP contribution in [0.4, 0.5) is 10.3 Å². The fourth-order valence-electron chi connectivity index (χ4n) is 1.04. The van der Waals surface area contributed by atoms with Crippen molar-refractivity contribution < 1.29 is 9.13 Å². The number of halogens is 1. The molecule has 0 spiro atoms. The Kier molecular flexibility index (Phi) is 4.04. The highest BCUT2D eigenvalue weighted by molar-refractivity contribution is 5.28. The Labute approximate surface area is 95.3 Å². The Bertz CT molecular complexity index is 350. The minimum absolute atomic E-state index is 0.0129. The molecule has 0 atom stereocenters. The molecule has 0 saturated carbocycles. The molecule has 0 aliphatic heterocycles. The summed E-state index contributed by atoms with van der Waals surface area (Å²) in [6.07, 6.45) is 2.07. The average molecular weight is 227 g/mol. The highest BCUT2D eigenvalue weighted by atomic mass is 19.1. The lowest BCUT2D eigenvalue weighted by atomic mass is 10.2. The lowest BCUT2D eigenvalue weighted by molar-refractivity contribution is 0.117. The zero-order valence-electron chi connectivity index (χ0n) is 10.2. The van der Waals surface area contributed by atoms with Gasteiger partial charge in [-0.2, -0.15) is 9.37 Å². The van der Waals surface area contributed by atoms with E-state index in [2.05, 4.69) is 15.3 Å². The first-order chi connectivity index (χ1) is 7.42. The van der Waals surface area contributed by atoms with Crippen molar-refractivity contribution in [2.45, 2.75) is 39.7 Å². The van der Waals surface area contributed by atoms with Crippen LogP contribution in [0.15, 0.2) is 6.20 Å². The van der Waals surface area contributed by atoms with E-state index in [1.807, 2.05) is 27.7 Å². The molecule has 90 valence electrons. The topological polar surface area (TPSA) is 47.0 Å². The van der Waals surface area contributed by atoms with Gasteiger partial charge in [0.25, 0.3) is 5.88 Å². The van der Waals surface area contributed by atoms with Gasteiger partial charge in [-0.1, -0.05) is 6.92 Å². The van der Waals surface area contributed by atoms with Crippen LogP contribution in [0.1, 0.15) is 34.1 Å². The summed E-state index contributed by atoms with van der Waals surface area (Å²) in [7, 11) is 0. The van der Waals surface area contributed by atoms with E-state index >= 15 is 0 Å². The van der Waals surface area contributed by atoms with E-state index in [-0.39, 0.29) is 5.88 Å². The third-order valence-electron chi connectivity index (χ3n) is 1.65.